The second kappa shape index (κ2) is 7.78. The molecule has 0 aliphatic carbocycles. The highest BCUT2D eigenvalue weighted by atomic mass is 16.2. The zero-order valence-electron chi connectivity index (χ0n) is 17.5. The molecule has 2 amide bonds. The molecule has 1 heterocycles. The van der Waals surface area contributed by atoms with Gasteiger partial charge in [-0.05, 0) is 37.3 Å². The van der Waals surface area contributed by atoms with Crippen LogP contribution in [0.1, 0.15) is 43.6 Å². The van der Waals surface area contributed by atoms with Gasteiger partial charge in [-0.25, -0.2) is 0 Å². The Labute approximate surface area is 185 Å². The van der Waals surface area contributed by atoms with Crippen molar-refractivity contribution in [3.05, 3.63) is 107 Å². The largest absolute Gasteiger partial charge is 0.321 e. The van der Waals surface area contributed by atoms with E-state index in [1.807, 2.05) is 55.5 Å². The van der Waals surface area contributed by atoms with E-state index in [0.29, 0.717) is 34.5 Å². The first kappa shape index (κ1) is 19.7. The van der Waals surface area contributed by atoms with Gasteiger partial charge in [-0.15, -0.1) is 0 Å². The van der Waals surface area contributed by atoms with Crippen molar-refractivity contribution >= 4 is 39.7 Å². The molecular weight excluding hydrogens is 400 g/mol. The standard InChI is InChI=1S/C27H20N2O3/c1-2-29-23-16-15-22(20-9-6-10-21(24(20)23)27(29)32)28-26(31)19-13-11-18(12-14-19)25(30)17-7-4-3-5-8-17/h3-16H,2H2,1H3,(H,28,31). The van der Waals surface area contributed by atoms with Gasteiger partial charge in [-0.3, -0.25) is 14.4 Å². The number of anilines is 2. The van der Waals surface area contributed by atoms with Gasteiger partial charge in [0.2, 0.25) is 0 Å². The minimum atomic E-state index is -0.277. The van der Waals surface area contributed by atoms with Gasteiger partial charge in [0, 0.05) is 45.3 Å². The highest BCUT2D eigenvalue weighted by molar-refractivity contribution is 6.27. The van der Waals surface area contributed by atoms with Gasteiger partial charge < -0.3 is 10.2 Å². The number of benzene rings is 4. The van der Waals surface area contributed by atoms with E-state index < -0.39 is 0 Å². The second-order valence-corrected chi connectivity index (χ2v) is 7.64. The SMILES string of the molecule is CCN1C(=O)c2cccc3c(NC(=O)c4ccc(C(=O)c5ccccc5)cc4)ccc1c23. The van der Waals surface area contributed by atoms with Gasteiger partial charge in [-0.1, -0.05) is 54.6 Å². The number of carbonyl (C=O) groups excluding carboxylic acids is 3. The molecule has 156 valence electrons. The van der Waals surface area contributed by atoms with Crippen LogP contribution in [0.3, 0.4) is 0 Å². The van der Waals surface area contributed by atoms with Crippen LogP contribution in [-0.2, 0) is 0 Å². The third-order valence-corrected chi connectivity index (χ3v) is 5.79. The third kappa shape index (κ3) is 3.15. The number of hydrogen-bond donors (Lipinski definition) is 1. The fourth-order valence-corrected chi connectivity index (χ4v) is 4.19. The number of nitrogens with one attached hydrogen (secondary N) is 1. The Balaban J connectivity index is 1.42. The van der Waals surface area contributed by atoms with E-state index in [0.717, 1.165) is 16.5 Å². The molecule has 4 aromatic carbocycles. The van der Waals surface area contributed by atoms with Crippen molar-refractivity contribution in [1.82, 2.24) is 0 Å². The summed E-state index contributed by atoms with van der Waals surface area (Å²) in [6, 6.07) is 24.9. The molecular formula is C27H20N2O3. The molecule has 0 unspecified atom stereocenters. The van der Waals surface area contributed by atoms with Crippen LogP contribution < -0.4 is 10.2 Å². The van der Waals surface area contributed by atoms with Gasteiger partial charge in [0.25, 0.3) is 11.8 Å². The molecule has 5 nitrogen and oxygen atoms in total. The van der Waals surface area contributed by atoms with Crippen molar-refractivity contribution in [2.75, 3.05) is 16.8 Å². The lowest BCUT2D eigenvalue weighted by Gasteiger charge is -2.15. The molecule has 0 spiro atoms. The first-order valence-electron chi connectivity index (χ1n) is 10.5. The van der Waals surface area contributed by atoms with E-state index in [1.54, 1.807) is 41.3 Å². The normalized spacial score (nSPS) is 12.3. The predicted octanol–water partition coefficient (Wildman–Crippen LogP) is 5.30. The van der Waals surface area contributed by atoms with Gasteiger partial charge in [0.15, 0.2) is 5.78 Å². The lowest BCUT2D eigenvalue weighted by molar-refractivity contribution is 0.0992. The molecule has 4 aromatic rings. The summed E-state index contributed by atoms with van der Waals surface area (Å²) in [5, 5.41) is 4.65. The lowest BCUT2D eigenvalue weighted by Crippen LogP contribution is -2.25. The highest BCUT2D eigenvalue weighted by Gasteiger charge is 2.29. The summed E-state index contributed by atoms with van der Waals surface area (Å²) in [6.07, 6.45) is 0. The molecule has 1 aliphatic heterocycles. The lowest BCUT2D eigenvalue weighted by atomic mass is 10.0. The topological polar surface area (TPSA) is 66.5 Å². The minimum absolute atomic E-state index is 0.0183. The first-order valence-corrected chi connectivity index (χ1v) is 10.5. The average Bonchev–Trinajstić information content (AvgIpc) is 3.13. The van der Waals surface area contributed by atoms with E-state index in [1.165, 1.54) is 0 Å². The predicted molar refractivity (Wildman–Crippen MR) is 126 cm³/mol. The van der Waals surface area contributed by atoms with Crippen molar-refractivity contribution < 1.29 is 14.4 Å². The molecule has 0 saturated carbocycles. The Hall–Kier alpha value is -4.25. The van der Waals surface area contributed by atoms with Crippen LogP contribution >= 0.6 is 0 Å². The van der Waals surface area contributed by atoms with Crippen molar-refractivity contribution in [2.45, 2.75) is 6.92 Å². The Kier molecular flexibility index (Phi) is 4.79. The van der Waals surface area contributed by atoms with Crippen LogP contribution in [0.15, 0.2) is 84.9 Å². The summed E-state index contributed by atoms with van der Waals surface area (Å²) in [5.74, 6) is -0.383. The van der Waals surface area contributed by atoms with Crippen molar-refractivity contribution in [2.24, 2.45) is 0 Å². The van der Waals surface area contributed by atoms with Gasteiger partial charge in [0.05, 0.1) is 5.69 Å². The molecule has 1 aliphatic rings. The fourth-order valence-electron chi connectivity index (χ4n) is 4.19. The molecule has 0 aromatic heterocycles. The molecule has 0 radical (unpaired) electrons. The van der Waals surface area contributed by atoms with Gasteiger partial charge in [-0.2, -0.15) is 0 Å². The Morgan fingerprint density at radius 1 is 0.781 bits per heavy atom. The summed E-state index contributed by atoms with van der Waals surface area (Å²) in [5.41, 5.74) is 3.74. The van der Waals surface area contributed by atoms with Crippen LogP contribution in [-0.4, -0.2) is 24.1 Å². The van der Waals surface area contributed by atoms with E-state index >= 15 is 0 Å². The van der Waals surface area contributed by atoms with Gasteiger partial charge >= 0.3 is 0 Å². The fraction of sp³-hybridized carbons (Fsp3) is 0.0741. The molecule has 0 bridgehead atoms. The van der Waals surface area contributed by atoms with E-state index in [9.17, 15) is 14.4 Å². The third-order valence-electron chi connectivity index (χ3n) is 5.79. The minimum Gasteiger partial charge on any atom is -0.321 e. The number of amides is 2. The monoisotopic (exact) mass is 420 g/mol. The van der Waals surface area contributed by atoms with Crippen LogP contribution in [0.25, 0.3) is 10.8 Å². The zero-order valence-corrected chi connectivity index (χ0v) is 17.5. The molecule has 1 N–H and O–H groups in total. The molecule has 32 heavy (non-hydrogen) atoms. The molecule has 0 saturated heterocycles. The van der Waals surface area contributed by atoms with E-state index in [2.05, 4.69) is 5.32 Å². The highest BCUT2D eigenvalue weighted by Crippen LogP contribution is 2.40. The summed E-state index contributed by atoms with van der Waals surface area (Å²) in [7, 11) is 0. The van der Waals surface area contributed by atoms with Crippen molar-refractivity contribution in [3.8, 4) is 0 Å². The maximum absolute atomic E-state index is 12.9. The zero-order chi connectivity index (χ0) is 22.2. The van der Waals surface area contributed by atoms with Crippen LogP contribution in [0.4, 0.5) is 11.4 Å². The second-order valence-electron chi connectivity index (χ2n) is 7.64. The van der Waals surface area contributed by atoms with Crippen LogP contribution in [0.5, 0.6) is 0 Å². The summed E-state index contributed by atoms with van der Waals surface area (Å²) < 4.78 is 0. The van der Waals surface area contributed by atoms with Crippen LogP contribution in [0.2, 0.25) is 0 Å². The Bertz CT molecular complexity index is 1380. The molecule has 5 rings (SSSR count). The smallest absolute Gasteiger partial charge is 0.258 e. The number of hydrogen-bond acceptors (Lipinski definition) is 3. The number of nitrogens with zero attached hydrogens (tertiary/aromatic N) is 1. The van der Waals surface area contributed by atoms with E-state index in [-0.39, 0.29) is 17.6 Å². The summed E-state index contributed by atoms with van der Waals surface area (Å²) in [6.45, 7) is 2.53. The van der Waals surface area contributed by atoms with E-state index in [4.69, 9.17) is 0 Å². The van der Waals surface area contributed by atoms with Crippen molar-refractivity contribution in [3.63, 3.8) is 0 Å². The maximum atomic E-state index is 12.9. The summed E-state index contributed by atoms with van der Waals surface area (Å²) >= 11 is 0. The number of carbonyl (C=O) groups is 3. The first-order chi connectivity index (χ1) is 15.6. The van der Waals surface area contributed by atoms with Crippen molar-refractivity contribution in [1.29, 1.82) is 0 Å². The van der Waals surface area contributed by atoms with Crippen LogP contribution in [0, 0.1) is 0 Å². The quantitative estimate of drug-likeness (QED) is 0.445. The summed E-state index contributed by atoms with van der Waals surface area (Å²) in [4.78, 5) is 39.9. The van der Waals surface area contributed by atoms with Gasteiger partial charge in [0.1, 0.15) is 0 Å². The molecule has 0 atom stereocenters. The maximum Gasteiger partial charge on any atom is 0.258 e. The molecule has 5 heteroatoms. The average molecular weight is 420 g/mol. The Morgan fingerprint density at radius 2 is 1.47 bits per heavy atom. The number of rotatable bonds is 5. The molecule has 0 fully saturated rings. The number of ketones is 1. The Morgan fingerprint density at radius 3 is 2.19 bits per heavy atom.